The van der Waals surface area contributed by atoms with E-state index < -0.39 is 12.1 Å². The highest BCUT2D eigenvalue weighted by Gasteiger charge is 2.20. The van der Waals surface area contributed by atoms with Crippen LogP contribution in [0.25, 0.3) is 0 Å². The van der Waals surface area contributed by atoms with Crippen molar-refractivity contribution in [2.24, 2.45) is 0 Å². The monoisotopic (exact) mass is 290 g/mol. The zero-order valence-corrected chi connectivity index (χ0v) is 12.0. The molecule has 0 heterocycles. The molecule has 3 nitrogen and oxygen atoms in total. The molecule has 0 aliphatic rings. The number of aliphatic hydroxyl groups is 1. The maximum atomic E-state index is 11.2. The van der Waals surface area contributed by atoms with E-state index in [0.29, 0.717) is 16.1 Å². The first kappa shape index (κ1) is 14.6. The minimum atomic E-state index is -1.05. The van der Waals surface area contributed by atoms with Crippen LogP contribution in [0.1, 0.15) is 38.7 Å². The number of carbonyl (C=O) groups is 1. The Balaban J connectivity index is 2.55. The molecule has 0 aromatic heterocycles. The van der Waals surface area contributed by atoms with E-state index in [1.54, 1.807) is 30.3 Å². The van der Waals surface area contributed by atoms with Crippen LogP contribution in [0.3, 0.4) is 0 Å². The van der Waals surface area contributed by atoms with Crippen molar-refractivity contribution in [3.8, 4) is 0 Å². The molecule has 1 atom stereocenters. The largest absolute Gasteiger partial charge is 0.478 e. The second-order valence-corrected chi connectivity index (χ2v) is 5.16. The van der Waals surface area contributed by atoms with Gasteiger partial charge in [-0.2, -0.15) is 0 Å². The molecular weight excluding hydrogens is 276 g/mol. The highest BCUT2D eigenvalue weighted by atomic mass is 35.5. The molecule has 0 amide bonds. The molecule has 0 bridgehead atoms. The van der Waals surface area contributed by atoms with Crippen LogP contribution in [0, 0.1) is 13.8 Å². The summed E-state index contributed by atoms with van der Waals surface area (Å²) in [5.41, 5.74) is 2.82. The predicted octanol–water partition coefficient (Wildman–Crippen LogP) is 3.74. The summed E-state index contributed by atoms with van der Waals surface area (Å²) in [5, 5.41) is 20.3. The fourth-order valence-corrected chi connectivity index (χ4v) is 2.41. The Morgan fingerprint density at radius 1 is 1.10 bits per heavy atom. The number of aromatic carboxylic acids is 1. The van der Waals surface area contributed by atoms with Crippen LogP contribution in [0.5, 0.6) is 0 Å². The quantitative estimate of drug-likeness (QED) is 0.905. The van der Waals surface area contributed by atoms with Gasteiger partial charge in [0.25, 0.3) is 0 Å². The first-order chi connectivity index (χ1) is 9.41. The molecule has 4 heteroatoms. The van der Waals surface area contributed by atoms with Gasteiger partial charge in [0.1, 0.15) is 6.10 Å². The number of hydrogen-bond acceptors (Lipinski definition) is 2. The van der Waals surface area contributed by atoms with Gasteiger partial charge in [-0.25, -0.2) is 4.79 Å². The lowest BCUT2D eigenvalue weighted by atomic mass is 9.93. The second kappa shape index (κ2) is 5.65. The third kappa shape index (κ3) is 2.69. The Morgan fingerprint density at radius 3 is 2.40 bits per heavy atom. The van der Waals surface area contributed by atoms with Crippen LogP contribution in [-0.2, 0) is 0 Å². The number of hydrogen-bond donors (Lipinski definition) is 2. The molecule has 0 radical (unpaired) electrons. The van der Waals surface area contributed by atoms with E-state index in [9.17, 15) is 15.0 Å². The van der Waals surface area contributed by atoms with E-state index in [1.165, 1.54) is 6.07 Å². The van der Waals surface area contributed by atoms with Crippen molar-refractivity contribution in [3.05, 3.63) is 69.2 Å². The molecule has 0 aliphatic carbocycles. The highest BCUT2D eigenvalue weighted by molar-refractivity contribution is 6.31. The van der Waals surface area contributed by atoms with Gasteiger partial charge in [-0.1, -0.05) is 35.9 Å². The van der Waals surface area contributed by atoms with Gasteiger partial charge in [0.05, 0.1) is 5.56 Å². The van der Waals surface area contributed by atoms with Gasteiger partial charge in [0.2, 0.25) is 0 Å². The van der Waals surface area contributed by atoms with Crippen molar-refractivity contribution < 1.29 is 15.0 Å². The molecule has 2 aromatic carbocycles. The molecule has 2 aromatic rings. The average molecular weight is 291 g/mol. The van der Waals surface area contributed by atoms with Crippen molar-refractivity contribution >= 4 is 17.6 Å². The van der Waals surface area contributed by atoms with Gasteiger partial charge in [-0.3, -0.25) is 0 Å². The fourth-order valence-electron chi connectivity index (χ4n) is 2.20. The molecule has 104 valence electrons. The Hall–Kier alpha value is -1.84. The van der Waals surface area contributed by atoms with Gasteiger partial charge < -0.3 is 10.2 Å². The summed E-state index contributed by atoms with van der Waals surface area (Å²) >= 11 is 6.04. The van der Waals surface area contributed by atoms with Crippen LogP contribution in [-0.4, -0.2) is 16.2 Å². The van der Waals surface area contributed by atoms with Crippen molar-refractivity contribution in [1.29, 1.82) is 0 Å². The van der Waals surface area contributed by atoms with E-state index in [1.807, 2.05) is 13.8 Å². The topological polar surface area (TPSA) is 57.5 Å². The third-order valence-corrected chi connectivity index (χ3v) is 3.73. The Morgan fingerprint density at radius 2 is 1.75 bits per heavy atom. The molecule has 0 saturated carbocycles. The van der Waals surface area contributed by atoms with Gasteiger partial charge in [-0.05, 0) is 48.2 Å². The predicted molar refractivity (Wildman–Crippen MR) is 78.4 cm³/mol. The Kier molecular flexibility index (Phi) is 4.12. The molecule has 0 spiro atoms. The van der Waals surface area contributed by atoms with E-state index >= 15 is 0 Å². The van der Waals surface area contributed by atoms with E-state index in [0.717, 1.165) is 11.1 Å². The van der Waals surface area contributed by atoms with E-state index in [4.69, 9.17) is 11.6 Å². The average Bonchev–Trinajstić information content (AvgIpc) is 2.42. The van der Waals surface area contributed by atoms with Gasteiger partial charge in [0, 0.05) is 5.02 Å². The maximum Gasteiger partial charge on any atom is 0.336 e. The summed E-state index contributed by atoms with van der Waals surface area (Å²) in [7, 11) is 0. The molecule has 0 fully saturated rings. The van der Waals surface area contributed by atoms with E-state index in [-0.39, 0.29) is 5.56 Å². The summed E-state index contributed by atoms with van der Waals surface area (Å²) in [6.07, 6.45) is -0.988. The third-order valence-electron chi connectivity index (χ3n) is 3.33. The Bertz CT molecular complexity index is 665. The van der Waals surface area contributed by atoms with Crippen molar-refractivity contribution in [3.63, 3.8) is 0 Å². The van der Waals surface area contributed by atoms with Crippen molar-refractivity contribution in [2.45, 2.75) is 20.0 Å². The summed E-state index contributed by atoms with van der Waals surface area (Å²) in [6, 6.07) is 10.0. The summed E-state index contributed by atoms with van der Waals surface area (Å²) in [6.45, 7) is 3.69. The number of carboxylic acids is 1. The first-order valence-corrected chi connectivity index (χ1v) is 6.56. The normalized spacial score (nSPS) is 12.2. The Labute approximate surface area is 122 Å². The molecule has 2 rings (SSSR count). The van der Waals surface area contributed by atoms with Gasteiger partial charge in [0.15, 0.2) is 0 Å². The number of aliphatic hydroxyl groups excluding tert-OH is 1. The number of carboxylic acid groups (broad SMARTS) is 1. The minimum Gasteiger partial charge on any atom is -0.478 e. The smallest absolute Gasteiger partial charge is 0.336 e. The lowest BCUT2D eigenvalue weighted by Crippen LogP contribution is -2.09. The number of benzene rings is 2. The minimum absolute atomic E-state index is 0.104. The van der Waals surface area contributed by atoms with Crippen LogP contribution in [0.4, 0.5) is 0 Å². The molecule has 0 aliphatic heterocycles. The summed E-state index contributed by atoms with van der Waals surface area (Å²) in [4.78, 5) is 11.2. The van der Waals surface area contributed by atoms with Gasteiger partial charge in [-0.15, -0.1) is 0 Å². The van der Waals surface area contributed by atoms with Gasteiger partial charge >= 0.3 is 5.97 Å². The molecule has 20 heavy (non-hydrogen) atoms. The molecular formula is C16H15ClO3. The van der Waals surface area contributed by atoms with Crippen LogP contribution < -0.4 is 0 Å². The molecule has 2 N–H and O–H groups in total. The lowest BCUT2D eigenvalue weighted by molar-refractivity contribution is 0.0691. The second-order valence-electron chi connectivity index (χ2n) is 4.75. The number of halogens is 1. The standard InChI is InChI=1S/C16H15ClO3/c1-9-8-14(17)10(2)7-13(9)15(18)11-5-3-4-6-12(11)16(19)20/h3-8,15,18H,1-2H3,(H,19,20). The lowest BCUT2D eigenvalue weighted by Gasteiger charge is -2.17. The summed E-state index contributed by atoms with van der Waals surface area (Å²) in [5.74, 6) is -1.05. The van der Waals surface area contributed by atoms with Crippen LogP contribution >= 0.6 is 11.6 Å². The van der Waals surface area contributed by atoms with E-state index in [2.05, 4.69) is 0 Å². The molecule has 0 saturated heterocycles. The first-order valence-electron chi connectivity index (χ1n) is 6.18. The zero-order chi connectivity index (χ0) is 14.9. The number of rotatable bonds is 3. The summed E-state index contributed by atoms with van der Waals surface area (Å²) < 4.78 is 0. The molecule has 1 unspecified atom stereocenters. The van der Waals surface area contributed by atoms with Crippen molar-refractivity contribution in [1.82, 2.24) is 0 Å². The fraction of sp³-hybridized carbons (Fsp3) is 0.188. The number of aryl methyl sites for hydroxylation is 2. The van der Waals surface area contributed by atoms with Crippen LogP contribution in [0.2, 0.25) is 5.02 Å². The highest BCUT2D eigenvalue weighted by Crippen LogP contribution is 2.30. The maximum absolute atomic E-state index is 11.2. The van der Waals surface area contributed by atoms with Crippen molar-refractivity contribution in [2.75, 3.05) is 0 Å². The SMILES string of the molecule is Cc1cc(C(O)c2ccccc2C(=O)O)c(C)cc1Cl. The zero-order valence-electron chi connectivity index (χ0n) is 11.2. The van der Waals surface area contributed by atoms with Crippen LogP contribution in [0.15, 0.2) is 36.4 Å².